The molecule has 178 valence electrons. The van der Waals surface area contributed by atoms with Gasteiger partial charge in [-0.2, -0.15) is 0 Å². The Bertz CT molecular complexity index is 1550. The minimum atomic E-state index is -0.367. The third-order valence-electron chi connectivity index (χ3n) is 6.39. The van der Waals surface area contributed by atoms with E-state index in [9.17, 15) is 14.9 Å². The van der Waals surface area contributed by atoms with Crippen molar-refractivity contribution in [1.82, 2.24) is 4.90 Å². The van der Waals surface area contributed by atoms with E-state index in [0.717, 1.165) is 43.6 Å². The highest BCUT2D eigenvalue weighted by atomic mass is 32.2. The standard InChI is InChI=1S/C27H20N4O3S2/c1-3-12-30-25(32)24(26-29(2)22-6-4-5-7-23(22)35-26)36-27(30)28-18-8-10-20-16(14-18)13-17-15-19(31(33)34)9-11-21(17)20/h3-11,14-15H,1,12-13H2,2H3. The molecule has 9 heteroatoms. The van der Waals surface area contributed by atoms with Crippen molar-refractivity contribution in [2.45, 2.75) is 11.3 Å². The number of non-ortho nitro benzene ring substituents is 1. The highest BCUT2D eigenvalue weighted by Crippen LogP contribution is 2.50. The van der Waals surface area contributed by atoms with Gasteiger partial charge in [-0.3, -0.25) is 19.8 Å². The molecule has 0 saturated carbocycles. The number of nitro benzene ring substituents is 1. The van der Waals surface area contributed by atoms with E-state index >= 15 is 0 Å². The lowest BCUT2D eigenvalue weighted by Crippen LogP contribution is -2.29. The van der Waals surface area contributed by atoms with E-state index in [1.54, 1.807) is 34.9 Å². The lowest BCUT2D eigenvalue weighted by Gasteiger charge is -2.15. The van der Waals surface area contributed by atoms with Crippen molar-refractivity contribution in [3.05, 3.63) is 104 Å². The first-order valence-corrected chi connectivity index (χ1v) is 12.9. The van der Waals surface area contributed by atoms with Gasteiger partial charge in [-0.05, 0) is 70.8 Å². The number of benzene rings is 3. The molecule has 0 bridgehead atoms. The molecular weight excluding hydrogens is 492 g/mol. The number of nitrogens with zero attached hydrogens (tertiary/aromatic N) is 4. The maximum atomic E-state index is 13.4. The summed E-state index contributed by atoms with van der Waals surface area (Å²) < 4.78 is 0. The molecule has 1 amide bonds. The predicted octanol–water partition coefficient (Wildman–Crippen LogP) is 6.33. The van der Waals surface area contributed by atoms with Crippen LogP contribution >= 0.6 is 23.5 Å². The zero-order chi connectivity index (χ0) is 25.0. The normalized spacial score (nSPS) is 19.0. The Morgan fingerprint density at radius 2 is 1.83 bits per heavy atom. The van der Waals surface area contributed by atoms with Crippen LogP contribution in [0, 0.1) is 10.1 Å². The summed E-state index contributed by atoms with van der Waals surface area (Å²) in [6, 6.07) is 19.0. The number of amidine groups is 1. The first-order valence-electron chi connectivity index (χ1n) is 11.3. The summed E-state index contributed by atoms with van der Waals surface area (Å²) in [5.41, 5.74) is 6.00. The van der Waals surface area contributed by atoms with Crippen molar-refractivity contribution < 1.29 is 9.72 Å². The zero-order valence-corrected chi connectivity index (χ0v) is 20.9. The van der Waals surface area contributed by atoms with E-state index in [1.807, 2.05) is 49.5 Å². The van der Waals surface area contributed by atoms with Gasteiger partial charge in [-0.1, -0.05) is 36.0 Å². The van der Waals surface area contributed by atoms with E-state index in [1.165, 1.54) is 11.8 Å². The number of anilines is 1. The summed E-state index contributed by atoms with van der Waals surface area (Å²) in [6.07, 6.45) is 2.32. The smallest absolute Gasteiger partial charge is 0.269 e. The number of aliphatic imine (C=N–C) groups is 1. The number of hydrogen-bond acceptors (Lipinski definition) is 7. The highest BCUT2D eigenvalue weighted by Gasteiger charge is 2.38. The van der Waals surface area contributed by atoms with E-state index in [4.69, 9.17) is 4.99 Å². The minimum absolute atomic E-state index is 0.0818. The predicted molar refractivity (Wildman–Crippen MR) is 146 cm³/mol. The maximum Gasteiger partial charge on any atom is 0.269 e. The van der Waals surface area contributed by atoms with Crippen LogP contribution in [0.15, 0.2) is 93.1 Å². The summed E-state index contributed by atoms with van der Waals surface area (Å²) in [5.74, 6) is -0.0818. The number of carbonyl (C=O) groups is 1. The lowest BCUT2D eigenvalue weighted by atomic mass is 10.1. The maximum absolute atomic E-state index is 13.4. The fraction of sp³-hybridized carbons (Fsp3) is 0.111. The van der Waals surface area contributed by atoms with Gasteiger partial charge in [0.2, 0.25) is 0 Å². The van der Waals surface area contributed by atoms with Gasteiger partial charge in [0.05, 0.1) is 21.3 Å². The van der Waals surface area contributed by atoms with Crippen molar-refractivity contribution in [1.29, 1.82) is 0 Å². The molecular formula is C27H20N4O3S2. The van der Waals surface area contributed by atoms with Gasteiger partial charge in [0, 0.05) is 30.6 Å². The average molecular weight is 513 g/mol. The molecule has 3 aromatic carbocycles. The molecule has 7 nitrogen and oxygen atoms in total. The average Bonchev–Trinajstić information content (AvgIpc) is 3.50. The molecule has 36 heavy (non-hydrogen) atoms. The molecule has 1 saturated heterocycles. The molecule has 0 radical (unpaired) electrons. The van der Waals surface area contributed by atoms with Gasteiger partial charge < -0.3 is 4.90 Å². The molecule has 0 atom stereocenters. The number of rotatable bonds is 4. The molecule has 0 spiro atoms. The van der Waals surface area contributed by atoms with Crippen LogP contribution in [0.1, 0.15) is 11.1 Å². The summed E-state index contributed by atoms with van der Waals surface area (Å²) in [6.45, 7) is 4.19. The molecule has 2 aliphatic heterocycles. The van der Waals surface area contributed by atoms with Crippen LogP contribution in [-0.2, 0) is 11.2 Å². The topological polar surface area (TPSA) is 79.0 Å². The summed E-state index contributed by atoms with van der Waals surface area (Å²) in [7, 11) is 1.98. The number of thioether (sulfide) groups is 2. The lowest BCUT2D eigenvalue weighted by molar-refractivity contribution is -0.384. The van der Waals surface area contributed by atoms with Crippen molar-refractivity contribution in [2.75, 3.05) is 18.5 Å². The Hall–Kier alpha value is -3.82. The van der Waals surface area contributed by atoms with Gasteiger partial charge in [0.1, 0.15) is 4.91 Å². The molecule has 0 unspecified atom stereocenters. The van der Waals surface area contributed by atoms with Crippen LogP contribution in [-0.4, -0.2) is 34.5 Å². The number of hydrogen-bond donors (Lipinski definition) is 0. The van der Waals surface area contributed by atoms with E-state index in [0.29, 0.717) is 23.0 Å². The monoisotopic (exact) mass is 512 g/mol. The van der Waals surface area contributed by atoms with E-state index in [2.05, 4.69) is 17.5 Å². The fourth-order valence-electron chi connectivity index (χ4n) is 4.69. The van der Waals surface area contributed by atoms with Gasteiger partial charge >= 0.3 is 0 Å². The number of nitro groups is 1. The second kappa shape index (κ2) is 8.69. The Kier molecular flexibility index (Phi) is 5.46. The molecule has 2 heterocycles. The summed E-state index contributed by atoms with van der Waals surface area (Å²) >= 11 is 2.97. The summed E-state index contributed by atoms with van der Waals surface area (Å²) in [5, 5.41) is 12.7. The quantitative estimate of drug-likeness (QED) is 0.138. The Labute approximate surface area is 216 Å². The molecule has 3 aromatic rings. The molecule has 1 aliphatic carbocycles. The number of carbonyl (C=O) groups excluding carboxylic acids is 1. The minimum Gasteiger partial charge on any atom is -0.337 e. The number of amides is 1. The van der Waals surface area contributed by atoms with Crippen molar-refractivity contribution in [3.63, 3.8) is 0 Å². The summed E-state index contributed by atoms with van der Waals surface area (Å²) in [4.78, 5) is 34.6. The Morgan fingerprint density at radius 3 is 2.58 bits per heavy atom. The van der Waals surface area contributed by atoms with Crippen LogP contribution in [0.2, 0.25) is 0 Å². The van der Waals surface area contributed by atoms with Gasteiger partial charge in [-0.15, -0.1) is 6.58 Å². The number of para-hydroxylation sites is 1. The SMILES string of the molecule is C=CCN1C(=O)C(=C2Sc3ccccc3N2C)SC1=Nc1ccc2c(c1)Cc1cc([N+](=O)[O-])ccc1-2. The van der Waals surface area contributed by atoms with Crippen molar-refractivity contribution in [2.24, 2.45) is 4.99 Å². The highest BCUT2D eigenvalue weighted by molar-refractivity contribution is 8.19. The van der Waals surface area contributed by atoms with Crippen LogP contribution in [0.25, 0.3) is 11.1 Å². The van der Waals surface area contributed by atoms with Crippen LogP contribution in [0.5, 0.6) is 0 Å². The third-order valence-corrected chi connectivity index (χ3v) is 8.82. The third kappa shape index (κ3) is 3.63. The van der Waals surface area contributed by atoms with Gasteiger partial charge in [0.25, 0.3) is 11.6 Å². The molecule has 0 N–H and O–H groups in total. The first kappa shape index (κ1) is 22.6. The van der Waals surface area contributed by atoms with Gasteiger partial charge in [0.15, 0.2) is 5.17 Å². The van der Waals surface area contributed by atoms with Gasteiger partial charge in [-0.25, -0.2) is 4.99 Å². The van der Waals surface area contributed by atoms with E-state index < -0.39 is 0 Å². The molecule has 1 fully saturated rings. The largest absolute Gasteiger partial charge is 0.337 e. The fourth-order valence-corrected chi connectivity index (χ4v) is 7.04. The molecule has 3 aliphatic rings. The zero-order valence-electron chi connectivity index (χ0n) is 19.3. The van der Waals surface area contributed by atoms with E-state index in [-0.39, 0.29) is 16.5 Å². The first-order chi connectivity index (χ1) is 17.4. The second-order valence-electron chi connectivity index (χ2n) is 8.58. The Morgan fingerprint density at radius 1 is 1.08 bits per heavy atom. The van der Waals surface area contributed by atoms with Crippen LogP contribution in [0.3, 0.4) is 0 Å². The second-order valence-corrected chi connectivity index (χ2v) is 10.6. The van der Waals surface area contributed by atoms with Crippen LogP contribution in [0.4, 0.5) is 17.1 Å². The molecule has 6 rings (SSSR count). The van der Waals surface area contributed by atoms with Crippen molar-refractivity contribution >= 4 is 51.7 Å². The Balaban J connectivity index is 1.34. The number of fused-ring (bicyclic) bond motifs is 4. The molecule has 0 aromatic heterocycles. The van der Waals surface area contributed by atoms with Crippen LogP contribution < -0.4 is 4.90 Å². The van der Waals surface area contributed by atoms with Crippen molar-refractivity contribution in [3.8, 4) is 11.1 Å².